The van der Waals surface area contributed by atoms with Gasteiger partial charge in [0.2, 0.25) is 5.91 Å². The van der Waals surface area contributed by atoms with Crippen molar-refractivity contribution >= 4 is 45.0 Å². The number of thiophene rings is 1. The van der Waals surface area contributed by atoms with Crippen LogP contribution < -0.4 is 10.9 Å². The lowest BCUT2D eigenvalue weighted by molar-refractivity contribution is -0.113. The van der Waals surface area contributed by atoms with Crippen LogP contribution in [0.5, 0.6) is 0 Å². The molecule has 0 spiro atoms. The van der Waals surface area contributed by atoms with E-state index in [1.165, 1.54) is 27.7 Å². The third kappa shape index (κ3) is 4.22. The first-order chi connectivity index (χ1) is 14.5. The number of benzene rings is 1. The summed E-state index contributed by atoms with van der Waals surface area (Å²) in [6, 6.07) is 13.4. The van der Waals surface area contributed by atoms with Crippen LogP contribution in [0.2, 0.25) is 0 Å². The maximum Gasteiger partial charge on any atom is 0.263 e. The fraction of sp³-hybridized carbons (Fsp3) is 0.143. The SMILES string of the molecule is C=CCn1c(SCC(=O)Nc2cc(C)on2)nc2sc(-c3ccccc3)cc2c1=O. The topological polar surface area (TPSA) is 90.0 Å². The van der Waals surface area contributed by atoms with Gasteiger partial charge in [0.25, 0.3) is 5.56 Å². The van der Waals surface area contributed by atoms with Crippen molar-refractivity contribution in [2.45, 2.75) is 18.6 Å². The number of hydrogen-bond acceptors (Lipinski definition) is 7. The van der Waals surface area contributed by atoms with Crippen LogP contribution in [0.25, 0.3) is 20.7 Å². The average molecular weight is 439 g/mol. The number of hydrogen-bond donors (Lipinski definition) is 1. The van der Waals surface area contributed by atoms with Crippen LogP contribution in [-0.2, 0) is 11.3 Å². The standard InChI is InChI=1S/C21H18N4O3S2/c1-3-9-25-20(27)15-11-16(14-7-5-4-6-8-14)30-19(15)23-21(25)29-12-18(26)22-17-10-13(2)28-24-17/h3-8,10-11H,1,9,12H2,2H3,(H,22,24,26). The fourth-order valence-electron chi connectivity index (χ4n) is 2.88. The molecule has 0 saturated carbocycles. The highest BCUT2D eigenvalue weighted by Crippen LogP contribution is 2.32. The lowest BCUT2D eigenvalue weighted by Crippen LogP contribution is -2.23. The Balaban J connectivity index is 1.62. The lowest BCUT2D eigenvalue weighted by Gasteiger charge is -2.09. The molecular weight excluding hydrogens is 420 g/mol. The minimum atomic E-state index is -0.260. The van der Waals surface area contributed by atoms with E-state index in [2.05, 4.69) is 22.0 Å². The number of aromatic nitrogens is 3. The molecule has 4 rings (SSSR count). The highest BCUT2D eigenvalue weighted by atomic mass is 32.2. The van der Waals surface area contributed by atoms with Crippen molar-refractivity contribution < 1.29 is 9.32 Å². The minimum absolute atomic E-state index is 0.0813. The Labute approximate surface area is 180 Å². The van der Waals surface area contributed by atoms with Crippen LogP contribution in [0, 0.1) is 6.92 Å². The summed E-state index contributed by atoms with van der Waals surface area (Å²) in [4.78, 5) is 31.6. The van der Waals surface area contributed by atoms with Gasteiger partial charge in [0.15, 0.2) is 11.0 Å². The van der Waals surface area contributed by atoms with Gasteiger partial charge in [-0.25, -0.2) is 4.98 Å². The highest BCUT2D eigenvalue weighted by molar-refractivity contribution is 7.99. The Hall–Kier alpha value is -3.17. The monoisotopic (exact) mass is 438 g/mol. The summed E-state index contributed by atoms with van der Waals surface area (Å²) in [5.41, 5.74) is 0.889. The van der Waals surface area contributed by atoms with Gasteiger partial charge in [-0.3, -0.25) is 14.2 Å². The van der Waals surface area contributed by atoms with E-state index < -0.39 is 0 Å². The van der Waals surface area contributed by atoms with Crippen LogP contribution in [0.3, 0.4) is 0 Å². The summed E-state index contributed by atoms with van der Waals surface area (Å²) in [5.74, 6) is 0.786. The molecule has 0 aliphatic heterocycles. The molecule has 1 aromatic carbocycles. The van der Waals surface area contributed by atoms with Gasteiger partial charge < -0.3 is 9.84 Å². The summed E-state index contributed by atoms with van der Waals surface area (Å²) in [7, 11) is 0. The van der Waals surface area contributed by atoms with E-state index in [0.717, 1.165) is 10.4 Å². The van der Waals surface area contributed by atoms with E-state index in [1.807, 2.05) is 36.4 Å². The summed E-state index contributed by atoms with van der Waals surface area (Å²) < 4.78 is 6.48. The number of allylic oxidation sites excluding steroid dienone is 1. The number of nitrogens with one attached hydrogen (secondary N) is 1. The van der Waals surface area contributed by atoms with Crippen LogP contribution in [0.1, 0.15) is 5.76 Å². The van der Waals surface area contributed by atoms with Gasteiger partial charge in [0, 0.05) is 17.5 Å². The zero-order valence-electron chi connectivity index (χ0n) is 16.1. The minimum Gasteiger partial charge on any atom is -0.360 e. The Morgan fingerprint density at radius 3 is 2.83 bits per heavy atom. The van der Waals surface area contributed by atoms with Crippen molar-refractivity contribution in [1.82, 2.24) is 14.7 Å². The molecule has 30 heavy (non-hydrogen) atoms. The maximum absolute atomic E-state index is 13.1. The quantitative estimate of drug-likeness (QED) is 0.262. The maximum atomic E-state index is 13.1. The number of fused-ring (bicyclic) bond motifs is 1. The third-order valence-corrected chi connectivity index (χ3v) is 6.27. The zero-order valence-corrected chi connectivity index (χ0v) is 17.8. The molecule has 0 radical (unpaired) electrons. The number of anilines is 1. The largest absolute Gasteiger partial charge is 0.360 e. The molecule has 3 heterocycles. The molecule has 9 heteroatoms. The Kier molecular flexibility index (Phi) is 5.82. The second-order valence-electron chi connectivity index (χ2n) is 6.45. The molecule has 7 nitrogen and oxygen atoms in total. The number of aryl methyl sites for hydroxylation is 1. The van der Waals surface area contributed by atoms with E-state index in [9.17, 15) is 9.59 Å². The first kappa shape index (κ1) is 20.1. The van der Waals surface area contributed by atoms with Gasteiger partial charge in [-0.2, -0.15) is 0 Å². The van der Waals surface area contributed by atoms with Gasteiger partial charge in [-0.1, -0.05) is 53.3 Å². The fourth-order valence-corrected chi connectivity index (χ4v) is 4.76. The van der Waals surface area contributed by atoms with Crippen molar-refractivity contribution in [3.63, 3.8) is 0 Å². The van der Waals surface area contributed by atoms with Gasteiger partial charge in [-0.15, -0.1) is 17.9 Å². The number of thioether (sulfide) groups is 1. The van der Waals surface area contributed by atoms with Crippen molar-refractivity contribution in [2.75, 3.05) is 11.1 Å². The Morgan fingerprint density at radius 2 is 2.13 bits per heavy atom. The molecule has 152 valence electrons. The number of nitrogens with zero attached hydrogens (tertiary/aromatic N) is 3. The molecule has 4 aromatic rings. The molecular formula is C21H18N4O3S2. The molecule has 0 atom stereocenters. The third-order valence-electron chi connectivity index (χ3n) is 4.21. The van der Waals surface area contributed by atoms with Crippen molar-refractivity contribution in [3.05, 3.63) is 71.2 Å². The van der Waals surface area contributed by atoms with E-state index in [1.54, 1.807) is 19.1 Å². The molecule has 0 bridgehead atoms. The Morgan fingerprint density at radius 1 is 1.33 bits per heavy atom. The zero-order chi connectivity index (χ0) is 21.1. The second kappa shape index (κ2) is 8.68. The smallest absolute Gasteiger partial charge is 0.263 e. The van der Waals surface area contributed by atoms with Gasteiger partial charge in [-0.05, 0) is 18.6 Å². The second-order valence-corrected chi connectivity index (χ2v) is 8.43. The summed E-state index contributed by atoms with van der Waals surface area (Å²) in [6.45, 7) is 5.79. The van der Waals surface area contributed by atoms with Crippen molar-refractivity contribution in [1.29, 1.82) is 0 Å². The molecule has 1 amide bonds. The number of amides is 1. The first-order valence-electron chi connectivity index (χ1n) is 9.12. The van der Waals surface area contributed by atoms with Crippen LogP contribution in [0.4, 0.5) is 5.82 Å². The highest BCUT2D eigenvalue weighted by Gasteiger charge is 2.16. The summed E-state index contributed by atoms with van der Waals surface area (Å²) >= 11 is 2.65. The van der Waals surface area contributed by atoms with Crippen LogP contribution >= 0.6 is 23.1 Å². The molecule has 0 aliphatic rings. The van der Waals surface area contributed by atoms with E-state index in [4.69, 9.17) is 4.52 Å². The summed E-state index contributed by atoms with van der Waals surface area (Å²) in [5, 5.41) is 7.45. The number of rotatable bonds is 7. The molecule has 0 aliphatic carbocycles. The normalized spacial score (nSPS) is 11.0. The summed E-state index contributed by atoms with van der Waals surface area (Å²) in [6.07, 6.45) is 1.64. The number of carbonyl (C=O) groups is 1. The molecule has 0 unspecified atom stereocenters. The van der Waals surface area contributed by atoms with Crippen molar-refractivity contribution in [2.24, 2.45) is 0 Å². The van der Waals surface area contributed by atoms with E-state index in [0.29, 0.717) is 33.5 Å². The first-order valence-corrected chi connectivity index (χ1v) is 10.9. The van der Waals surface area contributed by atoms with Gasteiger partial charge in [0.1, 0.15) is 10.6 Å². The van der Waals surface area contributed by atoms with Gasteiger partial charge >= 0.3 is 0 Å². The van der Waals surface area contributed by atoms with E-state index in [-0.39, 0.29) is 17.2 Å². The van der Waals surface area contributed by atoms with Crippen molar-refractivity contribution in [3.8, 4) is 10.4 Å². The molecule has 1 N–H and O–H groups in total. The Bertz CT molecular complexity index is 1270. The number of carbonyl (C=O) groups excluding carboxylic acids is 1. The van der Waals surface area contributed by atoms with E-state index >= 15 is 0 Å². The average Bonchev–Trinajstić information content (AvgIpc) is 3.36. The van der Waals surface area contributed by atoms with Crippen LogP contribution in [0.15, 0.2) is 69.6 Å². The molecule has 0 saturated heterocycles. The van der Waals surface area contributed by atoms with Gasteiger partial charge in [0.05, 0.1) is 11.1 Å². The molecule has 3 aromatic heterocycles. The predicted molar refractivity (Wildman–Crippen MR) is 120 cm³/mol. The molecule has 0 fully saturated rings. The lowest BCUT2D eigenvalue weighted by atomic mass is 10.2. The predicted octanol–water partition coefficient (Wildman–Crippen LogP) is 4.34. The van der Waals surface area contributed by atoms with Crippen LogP contribution in [-0.4, -0.2) is 26.4 Å².